The Morgan fingerprint density at radius 2 is 2.23 bits per heavy atom. The summed E-state index contributed by atoms with van der Waals surface area (Å²) in [6, 6.07) is 0. The van der Waals surface area contributed by atoms with Gasteiger partial charge >= 0.3 is 0 Å². The van der Waals surface area contributed by atoms with Crippen molar-refractivity contribution in [1.82, 2.24) is 5.48 Å². The molecule has 1 saturated heterocycles. The smallest absolute Gasteiger partial charge is 0.107 e. The first-order chi connectivity index (χ1) is 6.43. The van der Waals surface area contributed by atoms with E-state index in [4.69, 9.17) is 9.57 Å². The number of hydrogen-bond acceptors (Lipinski definition) is 3. The third kappa shape index (κ3) is 2.03. The van der Waals surface area contributed by atoms with Crippen LogP contribution in [0.15, 0.2) is 11.3 Å². The van der Waals surface area contributed by atoms with E-state index in [-0.39, 0.29) is 0 Å². The van der Waals surface area contributed by atoms with E-state index < -0.39 is 0 Å². The van der Waals surface area contributed by atoms with E-state index in [1.807, 2.05) is 0 Å². The van der Waals surface area contributed by atoms with E-state index in [0.717, 1.165) is 12.5 Å². The van der Waals surface area contributed by atoms with Crippen molar-refractivity contribution in [3.63, 3.8) is 0 Å². The van der Waals surface area contributed by atoms with Crippen LogP contribution in [0.2, 0.25) is 0 Å². The standard InChI is InChI=1S/C10H15NO2/c1-2-7(1)10(8-3-4-8)11-13-6-9-5-12-9/h7,9,11H,1-6H2. The second-order valence-electron chi connectivity index (χ2n) is 4.16. The number of hydroxylamine groups is 1. The highest BCUT2D eigenvalue weighted by molar-refractivity contribution is 5.27. The van der Waals surface area contributed by atoms with Gasteiger partial charge in [-0.1, -0.05) is 0 Å². The Morgan fingerprint density at radius 1 is 1.46 bits per heavy atom. The molecular weight excluding hydrogens is 166 g/mol. The first kappa shape index (κ1) is 7.83. The lowest BCUT2D eigenvalue weighted by molar-refractivity contribution is 0.0473. The van der Waals surface area contributed by atoms with E-state index in [1.54, 1.807) is 5.57 Å². The molecule has 3 rings (SSSR count). The van der Waals surface area contributed by atoms with Crippen molar-refractivity contribution >= 4 is 0 Å². The minimum absolute atomic E-state index is 0.358. The Hall–Kier alpha value is -0.540. The molecule has 3 heteroatoms. The fourth-order valence-corrected chi connectivity index (χ4v) is 1.52. The van der Waals surface area contributed by atoms with Gasteiger partial charge in [-0.2, -0.15) is 0 Å². The Labute approximate surface area is 78.0 Å². The summed E-state index contributed by atoms with van der Waals surface area (Å²) in [4.78, 5) is 5.39. The molecule has 1 aliphatic heterocycles. The van der Waals surface area contributed by atoms with Crippen LogP contribution in [0.4, 0.5) is 0 Å². The van der Waals surface area contributed by atoms with Crippen LogP contribution in [0.3, 0.4) is 0 Å². The third-order valence-corrected chi connectivity index (χ3v) is 2.72. The highest BCUT2D eigenvalue weighted by Crippen LogP contribution is 2.43. The number of hydrogen-bond donors (Lipinski definition) is 1. The van der Waals surface area contributed by atoms with Crippen LogP contribution in [0.25, 0.3) is 0 Å². The molecule has 0 bridgehead atoms. The molecule has 13 heavy (non-hydrogen) atoms. The number of rotatable bonds is 5. The van der Waals surface area contributed by atoms with Crippen molar-refractivity contribution in [3.05, 3.63) is 11.3 Å². The van der Waals surface area contributed by atoms with Gasteiger partial charge in [0.1, 0.15) is 12.7 Å². The van der Waals surface area contributed by atoms with E-state index >= 15 is 0 Å². The zero-order valence-electron chi connectivity index (χ0n) is 7.71. The minimum Gasteiger partial charge on any atom is -0.371 e. The van der Waals surface area contributed by atoms with Gasteiger partial charge in [0.15, 0.2) is 0 Å². The third-order valence-electron chi connectivity index (χ3n) is 2.72. The Bertz CT molecular complexity index is 235. The van der Waals surface area contributed by atoms with E-state index in [2.05, 4.69) is 5.48 Å². The zero-order valence-corrected chi connectivity index (χ0v) is 7.71. The van der Waals surface area contributed by atoms with Crippen molar-refractivity contribution in [2.75, 3.05) is 13.2 Å². The first-order valence-corrected chi connectivity index (χ1v) is 5.15. The Balaban J connectivity index is 1.48. The minimum atomic E-state index is 0.358. The maximum atomic E-state index is 5.39. The van der Waals surface area contributed by atoms with Crippen LogP contribution in [0.1, 0.15) is 25.7 Å². The summed E-state index contributed by atoms with van der Waals surface area (Å²) in [5, 5.41) is 0. The summed E-state index contributed by atoms with van der Waals surface area (Å²) in [5.74, 6) is 0.789. The number of ether oxygens (including phenoxy) is 1. The van der Waals surface area contributed by atoms with Gasteiger partial charge in [0.05, 0.1) is 6.61 Å². The lowest BCUT2D eigenvalue weighted by Gasteiger charge is -2.08. The van der Waals surface area contributed by atoms with Gasteiger partial charge in [0, 0.05) is 11.6 Å². The molecule has 3 aliphatic rings. The molecule has 2 aliphatic carbocycles. The molecule has 0 radical (unpaired) electrons. The van der Waals surface area contributed by atoms with Gasteiger partial charge in [-0.15, -0.1) is 0 Å². The van der Waals surface area contributed by atoms with Crippen molar-refractivity contribution in [2.45, 2.75) is 31.8 Å². The lowest BCUT2D eigenvalue weighted by Crippen LogP contribution is -2.18. The SMILES string of the molecule is C1CC1=C(NOCC1CO1)C1CC1. The highest BCUT2D eigenvalue weighted by Gasteiger charge is 2.32. The van der Waals surface area contributed by atoms with Crippen LogP contribution >= 0.6 is 0 Å². The van der Waals surface area contributed by atoms with Gasteiger partial charge in [-0.3, -0.25) is 10.3 Å². The molecule has 3 fully saturated rings. The molecule has 0 aromatic heterocycles. The van der Waals surface area contributed by atoms with Crippen molar-refractivity contribution in [3.8, 4) is 0 Å². The van der Waals surface area contributed by atoms with Crippen LogP contribution in [0.5, 0.6) is 0 Å². The molecule has 0 amide bonds. The fraction of sp³-hybridized carbons (Fsp3) is 0.800. The van der Waals surface area contributed by atoms with Crippen LogP contribution < -0.4 is 5.48 Å². The van der Waals surface area contributed by atoms with Crippen molar-refractivity contribution < 1.29 is 9.57 Å². The van der Waals surface area contributed by atoms with Crippen molar-refractivity contribution in [2.24, 2.45) is 5.92 Å². The first-order valence-electron chi connectivity index (χ1n) is 5.15. The highest BCUT2D eigenvalue weighted by atomic mass is 16.7. The Kier molecular flexibility index (Phi) is 1.80. The second-order valence-corrected chi connectivity index (χ2v) is 4.16. The molecule has 1 N–H and O–H groups in total. The summed E-state index contributed by atoms with van der Waals surface area (Å²) >= 11 is 0. The van der Waals surface area contributed by atoms with E-state index in [9.17, 15) is 0 Å². The van der Waals surface area contributed by atoms with Gasteiger partial charge in [-0.25, -0.2) is 0 Å². The van der Waals surface area contributed by atoms with Gasteiger partial charge in [-0.05, 0) is 31.3 Å². The molecule has 1 heterocycles. The maximum Gasteiger partial charge on any atom is 0.107 e. The predicted molar refractivity (Wildman–Crippen MR) is 47.8 cm³/mol. The molecule has 3 nitrogen and oxygen atoms in total. The molecular formula is C10H15NO2. The Morgan fingerprint density at radius 3 is 2.77 bits per heavy atom. The topological polar surface area (TPSA) is 33.8 Å². The number of epoxide rings is 1. The summed E-state index contributed by atoms with van der Waals surface area (Å²) in [5.41, 5.74) is 6.09. The fourth-order valence-electron chi connectivity index (χ4n) is 1.52. The molecule has 1 unspecified atom stereocenters. The van der Waals surface area contributed by atoms with Gasteiger partial charge in [0.2, 0.25) is 0 Å². The molecule has 0 spiro atoms. The van der Waals surface area contributed by atoms with Crippen LogP contribution in [0, 0.1) is 5.92 Å². The average molecular weight is 181 g/mol. The largest absolute Gasteiger partial charge is 0.371 e. The maximum absolute atomic E-state index is 5.39. The average Bonchev–Trinajstić information content (AvgIpc) is 3.01. The predicted octanol–water partition coefficient (Wildman–Crippen LogP) is 1.36. The molecule has 0 aromatic carbocycles. The summed E-state index contributed by atoms with van der Waals surface area (Å²) in [6.45, 7) is 1.57. The number of allylic oxidation sites excluding steroid dienone is 2. The summed E-state index contributed by atoms with van der Waals surface area (Å²) < 4.78 is 5.06. The summed E-state index contributed by atoms with van der Waals surface area (Å²) in [7, 11) is 0. The zero-order chi connectivity index (χ0) is 8.67. The van der Waals surface area contributed by atoms with Crippen LogP contribution in [-0.4, -0.2) is 19.3 Å². The normalized spacial score (nSPS) is 30.2. The number of nitrogens with one attached hydrogen (secondary N) is 1. The molecule has 1 atom stereocenters. The van der Waals surface area contributed by atoms with Gasteiger partial charge < -0.3 is 4.74 Å². The molecule has 0 aromatic rings. The quantitative estimate of drug-likeness (QED) is 0.513. The van der Waals surface area contributed by atoms with Crippen LogP contribution in [-0.2, 0) is 9.57 Å². The summed E-state index contributed by atoms with van der Waals surface area (Å²) in [6.07, 6.45) is 5.60. The lowest BCUT2D eigenvalue weighted by atomic mass is 10.3. The van der Waals surface area contributed by atoms with E-state index in [1.165, 1.54) is 31.4 Å². The monoisotopic (exact) mass is 181 g/mol. The molecule has 2 saturated carbocycles. The van der Waals surface area contributed by atoms with Crippen molar-refractivity contribution in [1.29, 1.82) is 0 Å². The molecule has 72 valence electrons. The van der Waals surface area contributed by atoms with E-state index in [0.29, 0.717) is 12.7 Å². The van der Waals surface area contributed by atoms with Gasteiger partial charge in [0.25, 0.3) is 0 Å². The second kappa shape index (κ2) is 3.00.